The lowest BCUT2D eigenvalue weighted by atomic mass is 10.5. The Kier molecular flexibility index (Phi) is 5.44. The van der Waals surface area contributed by atoms with Crippen LogP contribution in [0.5, 0.6) is 0 Å². The topological polar surface area (TPSA) is 115 Å². The lowest BCUT2D eigenvalue weighted by molar-refractivity contribution is -0.138. The average Bonchev–Trinajstić information content (AvgIpc) is 1.80. The van der Waals surface area contributed by atoms with Crippen LogP contribution in [0.25, 0.3) is 0 Å². The highest BCUT2D eigenvalue weighted by Crippen LogP contribution is 2.18. The Morgan fingerprint density at radius 1 is 1.00 bits per heavy atom. The summed E-state index contributed by atoms with van der Waals surface area (Å²) in [5.74, 6) is -2.41. The molecule has 76 valence electrons. The van der Waals surface area contributed by atoms with Gasteiger partial charge in [-0.1, -0.05) is 11.8 Å². The van der Waals surface area contributed by atoms with Gasteiger partial charge in [0.15, 0.2) is 0 Å². The lowest BCUT2D eigenvalue weighted by Gasteiger charge is -2.11. The highest BCUT2D eigenvalue weighted by atomic mass is 32.2. The molecule has 0 aromatic rings. The Hall–Kier alpha value is -0.790. The van der Waals surface area contributed by atoms with Crippen LogP contribution in [0.2, 0.25) is 0 Å². The molecule has 0 bridgehead atoms. The minimum Gasteiger partial charge on any atom is -0.481 e. The van der Waals surface area contributed by atoms with Gasteiger partial charge in [0.05, 0.1) is 12.8 Å². The SMILES string of the molecule is O=C(O)CC(O)SC(O)CC(=O)O. The van der Waals surface area contributed by atoms with Crippen LogP contribution in [-0.4, -0.2) is 43.2 Å². The van der Waals surface area contributed by atoms with Crippen LogP contribution in [0, 0.1) is 0 Å². The number of aliphatic hydroxyl groups is 2. The van der Waals surface area contributed by atoms with Gasteiger partial charge in [-0.3, -0.25) is 9.59 Å². The van der Waals surface area contributed by atoms with Crippen molar-refractivity contribution in [2.24, 2.45) is 0 Å². The molecule has 0 spiro atoms. The van der Waals surface area contributed by atoms with Crippen molar-refractivity contribution in [2.75, 3.05) is 0 Å². The van der Waals surface area contributed by atoms with E-state index in [-0.39, 0.29) is 0 Å². The number of thioether (sulfide) groups is 1. The van der Waals surface area contributed by atoms with Gasteiger partial charge in [-0.05, 0) is 0 Å². The zero-order chi connectivity index (χ0) is 10.4. The molecule has 0 fully saturated rings. The molecule has 2 unspecified atom stereocenters. The normalized spacial score (nSPS) is 14.9. The van der Waals surface area contributed by atoms with Gasteiger partial charge >= 0.3 is 11.9 Å². The molecule has 0 heterocycles. The number of carbonyl (C=O) groups is 2. The average molecular weight is 210 g/mol. The molecule has 0 aliphatic carbocycles. The Morgan fingerprint density at radius 2 is 1.31 bits per heavy atom. The molecule has 0 aromatic heterocycles. The van der Waals surface area contributed by atoms with Crippen LogP contribution >= 0.6 is 11.8 Å². The van der Waals surface area contributed by atoms with Crippen LogP contribution in [-0.2, 0) is 9.59 Å². The third-order valence-corrected chi connectivity index (χ3v) is 1.97. The molecular weight excluding hydrogens is 200 g/mol. The minimum atomic E-state index is -1.29. The maximum absolute atomic E-state index is 10.0. The molecule has 0 aliphatic heterocycles. The number of aliphatic hydroxyl groups excluding tert-OH is 2. The van der Waals surface area contributed by atoms with E-state index in [1.165, 1.54) is 0 Å². The number of carboxylic acid groups (broad SMARTS) is 2. The highest BCUT2D eigenvalue weighted by Gasteiger charge is 2.17. The Balaban J connectivity index is 3.70. The van der Waals surface area contributed by atoms with Crippen molar-refractivity contribution in [3.63, 3.8) is 0 Å². The molecule has 0 radical (unpaired) electrons. The van der Waals surface area contributed by atoms with Crippen molar-refractivity contribution in [1.29, 1.82) is 0 Å². The van der Waals surface area contributed by atoms with Gasteiger partial charge in [-0.25, -0.2) is 0 Å². The second-order valence-electron chi connectivity index (χ2n) is 2.24. The molecule has 0 saturated heterocycles. The molecule has 0 aromatic carbocycles. The summed E-state index contributed by atoms with van der Waals surface area (Å²) in [5.41, 5.74) is -2.57. The molecule has 7 heteroatoms. The van der Waals surface area contributed by atoms with E-state index in [9.17, 15) is 9.59 Å². The lowest BCUT2D eigenvalue weighted by Crippen LogP contribution is -2.16. The second kappa shape index (κ2) is 5.79. The van der Waals surface area contributed by atoms with Crippen LogP contribution in [0.1, 0.15) is 12.8 Å². The van der Waals surface area contributed by atoms with E-state index in [0.29, 0.717) is 11.8 Å². The van der Waals surface area contributed by atoms with Crippen LogP contribution < -0.4 is 0 Å². The number of rotatable bonds is 6. The summed E-state index contributed by atoms with van der Waals surface area (Å²) < 4.78 is 0. The first-order valence-corrected chi connectivity index (χ1v) is 4.31. The molecule has 13 heavy (non-hydrogen) atoms. The van der Waals surface area contributed by atoms with Crippen molar-refractivity contribution < 1.29 is 30.0 Å². The molecule has 0 aliphatic rings. The Morgan fingerprint density at radius 3 is 1.54 bits per heavy atom. The van der Waals surface area contributed by atoms with E-state index in [1.807, 2.05) is 0 Å². The summed E-state index contributed by atoms with van der Waals surface area (Å²) in [6.07, 6.45) is -1.05. The van der Waals surface area contributed by atoms with E-state index in [2.05, 4.69) is 0 Å². The van der Waals surface area contributed by atoms with E-state index in [4.69, 9.17) is 20.4 Å². The molecule has 0 saturated carbocycles. The maximum Gasteiger partial charge on any atom is 0.306 e. The first-order valence-electron chi connectivity index (χ1n) is 3.37. The quantitative estimate of drug-likeness (QED) is 0.429. The Labute approximate surface area is 78.2 Å². The fraction of sp³-hybridized carbons (Fsp3) is 0.667. The Bertz CT molecular complexity index is 174. The summed E-state index contributed by atoms with van der Waals surface area (Å²) in [6, 6.07) is 0. The van der Waals surface area contributed by atoms with Gasteiger partial charge in [0.1, 0.15) is 10.9 Å². The number of hydrogen-bond donors (Lipinski definition) is 4. The van der Waals surface area contributed by atoms with E-state index >= 15 is 0 Å². The summed E-state index contributed by atoms with van der Waals surface area (Å²) >= 11 is 0.506. The van der Waals surface area contributed by atoms with E-state index in [0.717, 1.165) is 0 Å². The summed E-state index contributed by atoms with van der Waals surface area (Å²) in [4.78, 5) is 20.1. The van der Waals surface area contributed by atoms with Gasteiger partial charge in [0.25, 0.3) is 0 Å². The summed E-state index contributed by atoms with van der Waals surface area (Å²) in [7, 11) is 0. The van der Waals surface area contributed by atoms with Gasteiger partial charge < -0.3 is 20.4 Å². The predicted molar refractivity (Wildman–Crippen MR) is 44.1 cm³/mol. The fourth-order valence-corrected chi connectivity index (χ4v) is 1.42. The maximum atomic E-state index is 10.0. The molecule has 0 amide bonds. The van der Waals surface area contributed by atoms with Gasteiger partial charge in [0, 0.05) is 0 Å². The van der Waals surface area contributed by atoms with Crippen molar-refractivity contribution in [3.8, 4) is 0 Å². The monoisotopic (exact) mass is 210 g/mol. The molecule has 0 rings (SSSR count). The van der Waals surface area contributed by atoms with Crippen molar-refractivity contribution in [3.05, 3.63) is 0 Å². The molecule has 6 nitrogen and oxygen atoms in total. The molecular formula is C6H10O6S. The van der Waals surface area contributed by atoms with Crippen molar-refractivity contribution in [1.82, 2.24) is 0 Å². The third-order valence-electron chi connectivity index (χ3n) is 1.01. The second-order valence-corrected chi connectivity index (χ2v) is 3.60. The molecule has 2 atom stereocenters. The predicted octanol–water partition coefficient (Wildman–Crippen LogP) is -0.694. The van der Waals surface area contributed by atoms with Crippen molar-refractivity contribution in [2.45, 2.75) is 23.7 Å². The number of hydrogen-bond acceptors (Lipinski definition) is 5. The standard InChI is InChI=1S/C6H10O6S/c7-3(8)1-5(11)13-6(12)2-4(9)10/h5-6,11-12H,1-2H2,(H,7,8)(H,9,10). The highest BCUT2D eigenvalue weighted by molar-refractivity contribution is 8.00. The minimum absolute atomic E-state index is 0.506. The zero-order valence-electron chi connectivity index (χ0n) is 6.58. The summed E-state index contributed by atoms with van der Waals surface area (Å²) in [6.45, 7) is 0. The smallest absolute Gasteiger partial charge is 0.306 e. The number of aliphatic carboxylic acids is 2. The first kappa shape index (κ1) is 12.2. The zero-order valence-corrected chi connectivity index (χ0v) is 7.40. The third kappa shape index (κ3) is 7.57. The number of carboxylic acids is 2. The van der Waals surface area contributed by atoms with Crippen LogP contribution in [0.3, 0.4) is 0 Å². The summed E-state index contributed by atoms with van der Waals surface area (Å²) in [5, 5.41) is 34.3. The van der Waals surface area contributed by atoms with E-state index < -0.39 is 35.7 Å². The van der Waals surface area contributed by atoms with Crippen molar-refractivity contribution >= 4 is 23.7 Å². The van der Waals surface area contributed by atoms with E-state index in [1.54, 1.807) is 0 Å². The first-order chi connectivity index (χ1) is 5.91. The largest absolute Gasteiger partial charge is 0.481 e. The molecule has 4 N–H and O–H groups in total. The van der Waals surface area contributed by atoms with Gasteiger partial charge in [-0.2, -0.15) is 0 Å². The van der Waals surface area contributed by atoms with Gasteiger partial charge in [0.2, 0.25) is 0 Å². The van der Waals surface area contributed by atoms with Crippen LogP contribution in [0.4, 0.5) is 0 Å². The fourth-order valence-electron chi connectivity index (χ4n) is 0.576. The van der Waals surface area contributed by atoms with Gasteiger partial charge in [-0.15, -0.1) is 0 Å². The van der Waals surface area contributed by atoms with Crippen LogP contribution in [0.15, 0.2) is 0 Å².